The van der Waals surface area contributed by atoms with Crippen LogP contribution in [0, 0.1) is 18.3 Å². The molecule has 2 N–H and O–H groups in total. The standard InChI is InChI=1S/C12H11N5OS/c1-8-14-12(17-16-8)19-7-11(18)15-10-5-3-2-4-9(10)6-13/h2-5H,7H2,1H3,(H,15,18)(H,14,16,17). The lowest BCUT2D eigenvalue weighted by molar-refractivity contribution is -0.113. The van der Waals surface area contributed by atoms with Crippen LogP contribution in [-0.4, -0.2) is 26.8 Å². The number of rotatable bonds is 4. The normalized spacial score (nSPS) is 9.89. The van der Waals surface area contributed by atoms with Gasteiger partial charge in [0.05, 0.1) is 17.0 Å². The maximum Gasteiger partial charge on any atom is 0.234 e. The molecule has 0 spiro atoms. The Morgan fingerprint density at radius 3 is 3.00 bits per heavy atom. The number of aromatic nitrogens is 3. The number of aryl methyl sites for hydroxylation is 1. The zero-order valence-corrected chi connectivity index (χ0v) is 11.0. The van der Waals surface area contributed by atoms with E-state index in [1.807, 2.05) is 6.07 Å². The van der Waals surface area contributed by atoms with Gasteiger partial charge < -0.3 is 5.32 Å². The molecule has 0 fully saturated rings. The summed E-state index contributed by atoms with van der Waals surface area (Å²) in [5, 5.41) is 18.8. The minimum atomic E-state index is -0.199. The molecule has 19 heavy (non-hydrogen) atoms. The van der Waals surface area contributed by atoms with E-state index in [0.29, 0.717) is 22.2 Å². The SMILES string of the molecule is Cc1nc(SCC(=O)Nc2ccccc2C#N)n[nH]1. The Morgan fingerprint density at radius 2 is 2.32 bits per heavy atom. The summed E-state index contributed by atoms with van der Waals surface area (Å²) >= 11 is 1.23. The van der Waals surface area contributed by atoms with Gasteiger partial charge in [-0.25, -0.2) is 4.98 Å². The van der Waals surface area contributed by atoms with Crippen molar-refractivity contribution in [1.29, 1.82) is 5.26 Å². The molecule has 2 aromatic rings. The average molecular weight is 273 g/mol. The van der Waals surface area contributed by atoms with Crippen molar-refractivity contribution in [1.82, 2.24) is 15.2 Å². The number of hydrogen-bond acceptors (Lipinski definition) is 5. The van der Waals surface area contributed by atoms with Gasteiger partial charge in [-0.2, -0.15) is 5.26 Å². The largest absolute Gasteiger partial charge is 0.324 e. The number of nitrogens with zero attached hydrogens (tertiary/aromatic N) is 3. The third-order valence-corrected chi connectivity index (χ3v) is 3.08. The van der Waals surface area contributed by atoms with Crippen molar-refractivity contribution < 1.29 is 4.79 Å². The number of H-pyrrole nitrogens is 1. The first-order valence-electron chi connectivity index (χ1n) is 5.50. The predicted octanol–water partition coefficient (Wildman–Crippen LogP) is 1.72. The first-order valence-corrected chi connectivity index (χ1v) is 6.48. The van der Waals surface area contributed by atoms with E-state index in [4.69, 9.17) is 5.26 Å². The highest BCUT2D eigenvalue weighted by Crippen LogP contribution is 2.16. The van der Waals surface area contributed by atoms with Crippen molar-refractivity contribution in [3.63, 3.8) is 0 Å². The van der Waals surface area contributed by atoms with Gasteiger partial charge in [-0.15, -0.1) is 5.10 Å². The Balaban J connectivity index is 1.93. The maximum atomic E-state index is 11.8. The van der Waals surface area contributed by atoms with E-state index in [1.54, 1.807) is 31.2 Å². The zero-order valence-electron chi connectivity index (χ0n) is 10.2. The van der Waals surface area contributed by atoms with Crippen LogP contribution in [0.2, 0.25) is 0 Å². The third kappa shape index (κ3) is 3.56. The molecular weight excluding hydrogens is 262 g/mol. The predicted molar refractivity (Wildman–Crippen MR) is 71.6 cm³/mol. The van der Waals surface area contributed by atoms with Gasteiger partial charge in [0.1, 0.15) is 11.9 Å². The van der Waals surface area contributed by atoms with Gasteiger partial charge in [0, 0.05) is 0 Å². The lowest BCUT2D eigenvalue weighted by Gasteiger charge is -2.05. The van der Waals surface area contributed by atoms with E-state index in [2.05, 4.69) is 20.5 Å². The second-order valence-corrected chi connectivity index (χ2v) is 4.64. The van der Waals surface area contributed by atoms with Gasteiger partial charge in [0.2, 0.25) is 11.1 Å². The van der Waals surface area contributed by atoms with Crippen LogP contribution >= 0.6 is 11.8 Å². The summed E-state index contributed by atoms with van der Waals surface area (Å²) in [6, 6.07) is 8.89. The van der Waals surface area contributed by atoms with E-state index < -0.39 is 0 Å². The molecule has 1 amide bonds. The second-order valence-electron chi connectivity index (χ2n) is 3.70. The highest BCUT2D eigenvalue weighted by Gasteiger charge is 2.08. The van der Waals surface area contributed by atoms with E-state index in [1.165, 1.54) is 11.8 Å². The fraction of sp³-hybridized carbons (Fsp3) is 0.167. The fourth-order valence-electron chi connectivity index (χ4n) is 1.39. The Bertz CT molecular complexity index is 631. The summed E-state index contributed by atoms with van der Waals surface area (Å²) in [7, 11) is 0. The van der Waals surface area contributed by atoms with Crippen LogP contribution in [0.3, 0.4) is 0 Å². The number of hydrogen-bond donors (Lipinski definition) is 2. The monoisotopic (exact) mass is 273 g/mol. The first kappa shape index (κ1) is 13.1. The number of thioether (sulfide) groups is 1. The number of carbonyl (C=O) groups is 1. The molecule has 0 aliphatic rings. The minimum Gasteiger partial charge on any atom is -0.324 e. The molecule has 0 aliphatic carbocycles. The Morgan fingerprint density at radius 1 is 1.53 bits per heavy atom. The van der Waals surface area contributed by atoms with Crippen LogP contribution < -0.4 is 5.32 Å². The number of aromatic amines is 1. The van der Waals surface area contributed by atoms with Crippen LogP contribution in [0.1, 0.15) is 11.4 Å². The number of carbonyl (C=O) groups excluding carboxylic acids is 1. The Hall–Kier alpha value is -2.33. The molecule has 6 nitrogen and oxygen atoms in total. The summed E-state index contributed by atoms with van der Waals surface area (Å²) in [5.74, 6) is 0.699. The molecule has 0 saturated heterocycles. The van der Waals surface area contributed by atoms with Gasteiger partial charge in [-0.1, -0.05) is 23.9 Å². The van der Waals surface area contributed by atoms with Crippen LogP contribution in [-0.2, 0) is 4.79 Å². The van der Waals surface area contributed by atoms with Crippen molar-refractivity contribution >= 4 is 23.4 Å². The minimum absolute atomic E-state index is 0.192. The molecule has 0 bridgehead atoms. The number of nitrogens with one attached hydrogen (secondary N) is 2. The molecule has 1 aromatic carbocycles. The van der Waals surface area contributed by atoms with Gasteiger partial charge in [0.25, 0.3) is 0 Å². The summed E-state index contributed by atoms with van der Waals surface area (Å²) in [5.41, 5.74) is 0.955. The summed E-state index contributed by atoms with van der Waals surface area (Å²) in [4.78, 5) is 15.8. The number of para-hydroxylation sites is 1. The molecule has 1 heterocycles. The van der Waals surface area contributed by atoms with E-state index in [9.17, 15) is 4.79 Å². The fourth-order valence-corrected chi connectivity index (χ4v) is 2.04. The van der Waals surface area contributed by atoms with Crippen molar-refractivity contribution in [2.75, 3.05) is 11.1 Å². The summed E-state index contributed by atoms with van der Waals surface area (Å²) in [6.45, 7) is 1.79. The molecule has 1 aromatic heterocycles. The van der Waals surface area contributed by atoms with Gasteiger partial charge in [-0.05, 0) is 19.1 Å². The molecule has 0 saturated carbocycles. The first-order chi connectivity index (χ1) is 9.19. The van der Waals surface area contributed by atoms with Crippen molar-refractivity contribution in [3.05, 3.63) is 35.7 Å². The molecule has 7 heteroatoms. The van der Waals surface area contributed by atoms with E-state index in [0.717, 1.165) is 0 Å². The molecule has 2 rings (SSSR count). The Kier molecular flexibility index (Phi) is 4.15. The van der Waals surface area contributed by atoms with Crippen molar-refractivity contribution in [2.24, 2.45) is 0 Å². The van der Waals surface area contributed by atoms with Crippen molar-refractivity contribution in [2.45, 2.75) is 12.1 Å². The van der Waals surface area contributed by atoms with Crippen LogP contribution in [0.15, 0.2) is 29.4 Å². The Labute approximate surface area is 114 Å². The zero-order chi connectivity index (χ0) is 13.7. The quantitative estimate of drug-likeness (QED) is 0.827. The third-order valence-electron chi connectivity index (χ3n) is 2.23. The smallest absolute Gasteiger partial charge is 0.234 e. The highest BCUT2D eigenvalue weighted by molar-refractivity contribution is 7.99. The maximum absolute atomic E-state index is 11.8. The number of benzene rings is 1. The van der Waals surface area contributed by atoms with E-state index >= 15 is 0 Å². The summed E-state index contributed by atoms with van der Waals surface area (Å²) < 4.78 is 0. The van der Waals surface area contributed by atoms with Crippen molar-refractivity contribution in [3.8, 4) is 6.07 Å². The van der Waals surface area contributed by atoms with Gasteiger partial charge >= 0.3 is 0 Å². The molecular formula is C12H11N5OS. The molecule has 0 aliphatic heterocycles. The summed E-state index contributed by atoms with van der Waals surface area (Å²) in [6.07, 6.45) is 0. The number of amides is 1. The van der Waals surface area contributed by atoms with Gasteiger partial charge in [-0.3, -0.25) is 9.89 Å². The van der Waals surface area contributed by atoms with Gasteiger partial charge in [0.15, 0.2) is 0 Å². The number of nitriles is 1. The highest BCUT2D eigenvalue weighted by atomic mass is 32.2. The van der Waals surface area contributed by atoms with Crippen LogP contribution in [0.5, 0.6) is 0 Å². The topological polar surface area (TPSA) is 94.5 Å². The van der Waals surface area contributed by atoms with Crippen LogP contribution in [0.25, 0.3) is 0 Å². The molecule has 0 unspecified atom stereocenters. The second kappa shape index (κ2) is 6.02. The molecule has 96 valence electrons. The molecule has 0 atom stereocenters. The van der Waals surface area contributed by atoms with E-state index in [-0.39, 0.29) is 11.7 Å². The molecule has 0 radical (unpaired) electrons. The average Bonchev–Trinajstić information content (AvgIpc) is 2.83. The lowest BCUT2D eigenvalue weighted by Crippen LogP contribution is -2.15. The number of anilines is 1. The van der Waals surface area contributed by atoms with Crippen LogP contribution in [0.4, 0.5) is 5.69 Å². The lowest BCUT2D eigenvalue weighted by atomic mass is 10.2.